The van der Waals surface area contributed by atoms with Crippen molar-refractivity contribution in [2.24, 2.45) is 0 Å². The Balaban J connectivity index is 0.000000149. The molecule has 0 aliphatic rings. The Morgan fingerprint density at radius 1 is 0.696 bits per heavy atom. The monoisotopic (exact) mass is 315 g/mol. The van der Waals surface area contributed by atoms with Gasteiger partial charge in [0.15, 0.2) is 0 Å². The maximum absolute atomic E-state index is 4.14. The van der Waals surface area contributed by atoms with Crippen LogP contribution in [-0.4, -0.2) is 4.98 Å². The number of fused-ring (bicyclic) bond motifs is 1. The Morgan fingerprint density at radius 2 is 1.22 bits per heavy atom. The Morgan fingerprint density at radius 3 is 1.78 bits per heavy atom. The van der Waals surface area contributed by atoms with Crippen molar-refractivity contribution in [1.82, 2.24) is 4.98 Å². The van der Waals surface area contributed by atoms with Crippen LogP contribution in [0.25, 0.3) is 15.8 Å². The highest BCUT2D eigenvalue weighted by Crippen LogP contribution is 2.20. The average molecular weight is 315 g/mol. The second kappa shape index (κ2) is 7.52. The Bertz CT molecular complexity index is 808. The van der Waals surface area contributed by atoms with Crippen LogP contribution in [0.5, 0.6) is 0 Å². The van der Waals surface area contributed by atoms with Gasteiger partial charge in [-0.15, -0.1) is 11.3 Å². The van der Waals surface area contributed by atoms with E-state index in [0.717, 1.165) is 11.1 Å². The van der Waals surface area contributed by atoms with Crippen LogP contribution in [0.2, 0.25) is 0 Å². The normalized spacial score (nSPS) is 9.91. The maximum atomic E-state index is 4.14. The van der Waals surface area contributed by atoms with Crippen LogP contribution >= 0.6 is 11.3 Å². The number of hydrogen-bond donors (Lipinski definition) is 0. The summed E-state index contributed by atoms with van der Waals surface area (Å²) in [7, 11) is 0. The molecule has 0 unspecified atom stereocenters. The Hall–Kier alpha value is -2.71. The number of rotatable bonds is 2. The summed E-state index contributed by atoms with van der Waals surface area (Å²) in [5.41, 5.74) is 6.40. The molecule has 23 heavy (non-hydrogen) atoms. The van der Waals surface area contributed by atoms with Crippen molar-refractivity contribution in [2.75, 3.05) is 0 Å². The van der Waals surface area contributed by atoms with Crippen LogP contribution in [0.15, 0.2) is 97.0 Å². The summed E-state index contributed by atoms with van der Waals surface area (Å²) in [5.74, 6) is 0. The quantitative estimate of drug-likeness (QED) is 0.439. The van der Waals surface area contributed by atoms with E-state index in [2.05, 4.69) is 41.9 Å². The van der Waals surface area contributed by atoms with Crippen molar-refractivity contribution in [3.63, 3.8) is 0 Å². The predicted molar refractivity (Wildman–Crippen MR) is 101 cm³/mol. The molecule has 1 aromatic heterocycles. The van der Waals surface area contributed by atoms with Crippen LogP contribution in [0.3, 0.4) is 0 Å². The van der Waals surface area contributed by atoms with Gasteiger partial charge < -0.3 is 0 Å². The van der Waals surface area contributed by atoms with Crippen LogP contribution < -0.4 is 0 Å². The number of nitrogens with zero attached hydrogens (tertiary/aromatic N) is 1. The molecule has 0 fully saturated rings. The van der Waals surface area contributed by atoms with Gasteiger partial charge in [0.05, 0.1) is 15.7 Å². The molecule has 0 atom stereocenters. The first-order valence-corrected chi connectivity index (χ1v) is 8.30. The van der Waals surface area contributed by atoms with E-state index >= 15 is 0 Å². The molecule has 0 spiro atoms. The molecule has 0 saturated carbocycles. The average Bonchev–Trinajstić information content (AvgIpc) is 3.12. The number of thiazole rings is 1. The summed E-state index contributed by atoms with van der Waals surface area (Å²) in [4.78, 5) is 4.14. The molecule has 0 saturated heterocycles. The number of para-hydroxylation sites is 1. The summed E-state index contributed by atoms with van der Waals surface area (Å²) in [6.07, 6.45) is 0. The summed E-state index contributed by atoms with van der Waals surface area (Å²) >= 11 is 1.68. The van der Waals surface area contributed by atoms with Gasteiger partial charge >= 0.3 is 0 Å². The fourth-order valence-corrected chi connectivity index (χ4v) is 2.93. The van der Waals surface area contributed by atoms with Gasteiger partial charge in [-0.2, -0.15) is 0 Å². The molecule has 4 rings (SSSR count). The Kier molecular flexibility index (Phi) is 4.97. The van der Waals surface area contributed by atoms with Gasteiger partial charge in [0.2, 0.25) is 0 Å². The molecule has 0 aliphatic heterocycles. The fourth-order valence-electron chi connectivity index (χ4n) is 2.25. The van der Waals surface area contributed by atoms with Crippen molar-refractivity contribution in [1.29, 1.82) is 0 Å². The second-order valence-electron chi connectivity index (χ2n) is 5.03. The van der Waals surface area contributed by atoms with Crippen molar-refractivity contribution in [2.45, 2.75) is 0 Å². The minimum absolute atomic E-state index is 1.08. The molecule has 1 heterocycles. The van der Waals surface area contributed by atoms with Crippen LogP contribution in [0, 0.1) is 0 Å². The van der Waals surface area contributed by atoms with Gasteiger partial charge in [0.25, 0.3) is 0 Å². The van der Waals surface area contributed by atoms with Gasteiger partial charge in [0.1, 0.15) is 0 Å². The maximum Gasteiger partial charge on any atom is 0.0812 e. The standard InChI is InChI=1S/C14H12.C7H5NS/c1-12(13-8-4-2-5-9-13)14-10-6-3-7-11-14;1-2-4-7-6(3-1)8-5-9-7/h2-11H,1H2;1-5H. The lowest BCUT2D eigenvalue weighted by Gasteiger charge is -2.04. The largest absolute Gasteiger partial charge is 0.245 e. The van der Waals surface area contributed by atoms with E-state index in [1.165, 1.54) is 15.8 Å². The first-order valence-electron chi connectivity index (χ1n) is 7.42. The third kappa shape index (κ3) is 3.93. The number of aromatic nitrogens is 1. The smallest absolute Gasteiger partial charge is 0.0812 e. The van der Waals surface area contributed by atoms with Crippen LogP contribution in [-0.2, 0) is 0 Å². The molecule has 2 heteroatoms. The van der Waals surface area contributed by atoms with Gasteiger partial charge in [-0.25, -0.2) is 4.98 Å². The van der Waals surface area contributed by atoms with E-state index in [1.54, 1.807) is 11.3 Å². The van der Waals surface area contributed by atoms with Crippen molar-refractivity contribution >= 4 is 27.1 Å². The molecular weight excluding hydrogens is 298 g/mol. The molecule has 0 amide bonds. The lowest BCUT2D eigenvalue weighted by Crippen LogP contribution is -1.84. The highest BCUT2D eigenvalue weighted by atomic mass is 32.1. The third-order valence-corrected chi connectivity index (χ3v) is 4.29. The number of hydrogen-bond acceptors (Lipinski definition) is 2. The molecule has 3 aromatic carbocycles. The minimum atomic E-state index is 1.08. The van der Waals surface area contributed by atoms with E-state index in [0.29, 0.717) is 0 Å². The second-order valence-corrected chi connectivity index (χ2v) is 5.92. The Labute approximate surface area is 140 Å². The summed E-state index contributed by atoms with van der Waals surface area (Å²) < 4.78 is 1.26. The highest BCUT2D eigenvalue weighted by molar-refractivity contribution is 7.16. The predicted octanol–water partition coefficient (Wildman–Crippen LogP) is 6.04. The fraction of sp³-hybridized carbons (Fsp3) is 0. The molecule has 0 radical (unpaired) electrons. The van der Waals surface area contributed by atoms with Gasteiger partial charge in [-0.1, -0.05) is 79.4 Å². The minimum Gasteiger partial charge on any atom is -0.245 e. The first-order chi connectivity index (χ1) is 11.3. The molecule has 0 N–H and O–H groups in total. The number of benzene rings is 3. The summed E-state index contributed by atoms with van der Waals surface area (Å²) in [5, 5.41) is 0. The zero-order valence-electron chi connectivity index (χ0n) is 12.7. The van der Waals surface area contributed by atoms with Gasteiger partial charge in [-0.05, 0) is 28.8 Å². The summed E-state index contributed by atoms with van der Waals surface area (Å²) in [6, 6.07) is 28.6. The lowest BCUT2D eigenvalue weighted by atomic mass is 10.0. The molecule has 4 aromatic rings. The van der Waals surface area contributed by atoms with E-state index < -0.39 is 0 Å². The SMILES string of the molecule is C=C(c1ccccc1)c1ccccc1.c1ccc2scnc2c1. The summed E-state index contributed by atoms with van der Waals surface area (Å²) in [6.45, 7) is 4.10. The molecule has 0 bridgehead atoms. The van der Waals surface area contributed by atoms with Crippen molar-refractivity contribution in [3.05, 3.63) is 108 Å². The molecule has 112 valence electrons. The zero-order chi connectivity index (χ0) is 15.9. The molecule has 0 aliphatic carbocycles. The van der Waals surface area contributed by atoms with E-state index in [4.69, 9.17) is 0 Å². The van der Waals surface area contributed by atoms with Crippen LogP contribution in [0.4, 0.5) is 0 Å². The lowest BCUT2D eigenvalue weighted by molar-refractivity contribution is 1.50. The zero-order valence-corrected chi connectivity index (χ0v) is 13.5. The van der Waals surface area contributed by atoms with Gasteiger partial charge in [0, 0.05) is 0 Å². The molecule has 1 nitrogen and oxygen atoms in total. The first kappa shape index (κ1) is 15.2. The van der Waals surface area contributed by atoms with Crippen molar-refractivity contribution in [3.8, 4) is 0 Å². The van der Waals surface area contributed by atoms with E-state index in [-0.39, 0.29) is 0 Å². The van der Waals surface area contributed by atoms with Crippen molar-refractivity contribution < 1.29 is 0 Å². The van der Waals surface area contributed by atoms with Gasteiger partial charge in [-0.3, -0.25) is 0 Å². The van der Waals surface area contributed by atoms with Crippen LogP contribution in [0.1, 0.15) is 11.1 Å². The topological polar surface area (TPSA) is 12.9 Å². The van der Waals surface area contributed by atoms with E-state index in [9.17, 15) is 0 Å². The highest BCUT2D eigenvalue weighted by Gasteiger charge is 1.99. The van der Waals surface area contributed by atoms with E-state index in [1.807, 2.05) is 60.1 Å². The molecular formula is C21H17NS. The third-order valence-electron chi connectivity index (χ3n) is 3.48.